The summed E-state index contributed by atoms with van der Waals surface area (Å²) in [5, 5.41) is 16.5. The summed E-state index contributed by atoms with van der Waals surface area (Å²) in [6.07, 6.45) is 4.10. The van der Waals surface area contributed by atoms with E-state index in [1.165, 1.54) is 0 Å². The van der Waals surface area contributed by atoms with Gasteiger partial charge in [0, 0.05) is 0 Å². The average Bonchev–Trinajstić information content (AvgIpc) is 3.47. The second-order valence-electron chi connectivity index (χ2n) is 8.60. The second kappa shape index (κ2) is 7.32. The standard InChI is InChI=1S/C22H22AsN5O2/c1-22(2,11-29)10-28-21-18(20(23)24-12-25-21)19(27-28)14-3-7-16-13(9-14)4-8-17(26-16)30-15-5-6-15/h3-4,7-9,12,15,29H,5-6,10-11H2,1-2H3. The van der Waals surface area contributed by atoms with Crippen molar-refractivity contribution in [1.29, 1.82) is 0 Å². The molecule has 1 fully saturated rings. The van der Waals surface area contributed by atoms with E-state index in [9.17, 15) is 5.11 Å². The van der Waals surface area contributed by atoms with Gasteiger partial charge in [0.05, 0.1) is 0 Å². The third-order valence-corrected chi connectivity index (χ3v) is 5.98. The van der Waals surface area contributed by atoms with E-state index in [0.717, 1.165) is 50.5 Å². The number of hydrogen-bond donors (Lipinski definition) is 1. The van der Waals surface area contributed by atoms with Crippen LogP contribution in [0.4, 0.5) is 0 Å². The molecule has 0 amide bonds. The molecule has 1 N–H and O–H groups in total. The van der Waals surface area contributed by atoms with E-state index in [1.807, 2.05) is 42.8 Å². The zero-order chi connectivity index (χ0) is 20.9. The number of rotatable bonds is 6. The number of hydrogen-bond acceptors (Lipinski definition) is 6. The van der Waals surface area contributed by atoms with Gasteiger partial charge in [-0.3, -0.25) is 0 Å². The first-order chi connectivity index (χ1) is 14.4. The van der Waals surface area contributed by atoms with E-state index in [4.69, 9.17) is 9.84 Å². The Morgan fingerprint density at radius 2 is 2.03 bits per heavy atom. The van der Waals surface area contributed by atoms with Crippen LogP contribution in [0.2, 0.25) is 0 Å². The van der Waals surface area contributed by atoms with Gasteiger partial charge in [-0.15, -0.1) is 0 Å². The molecule has 1 aliphatic carbocycles. The van der Waals surface area contributed by atoms with Crippen molar-refractivity contribution < 1.29 is 9.84 Å². The first-order valence-electron chi connectivity index (χ1n) is 10.0. The van der Waals surface area contributed by atoms with Gasteiger partial charge in [0.2, 0.25) is 0 Å². The predicted molar refractivity (Wildman–Crippen MR) is 116 cm³/mol. The number of aromatic nitrogens is 5. The van der Waals surface area contributed by atoms with Crippen LogP contribution in [-0.2, 0) is 6.54 Å². The van der Waals surface area contributed by atoms with Crippen LogP contribution in [0.5, 0.6) is 5.88 Å². The molecule has 0 bridgehead atoms. The minimum atomic E-state index is -0.310. The SMILES string of the molecule is CC(C)(CO)Cn1nc(-c2ccc3nc(OC4CC4)ccc3c2)c2c([As])ncnc21. The third kappa shape index (κ3) is 3.68. The zero-order valence-electron chi connectivity index (χ0n) is 16.9. The fourth-order valence-electron chi connectivity index (χ4n) is 3.44. The van der Waals surface area contributed by atoms with Gasteiger partial charge in [0.25, 0.3) is 0 Å². The van der Waals surface area contributed by atoms with Gasteiger partial charge in [-0.25, -0.2) is 0 Å². The van der Waals surface area contributed by atoms with Crippen LogP contribution in [0.1, 0.15) is 26.7 Å². The number of aliphatic hydroxyl groups excluding tert-OH is 1. The molecule has 0 saturated heterocycles. The fourth-order valence-corrected chi connectivity index (χ4v) is 3.98. The predicted octanol–water partition coefficient (Wildman–Crippen LogP) is 2.40. The molecular formula is C22H22AsN5O2. The molecule has 4 aromatic rings. The van der Waals surface area contributed by atoms with Crippen LogP contribution in [-0.4, -0.2) is 59.4 Å². The molecule has 152 valence electrons. The Balaban J connectivity index is 1.60. The summed E-state index contributed by atoms with van der Waals surface area (Å²) >= 11 is 2.50. The molecule has 0 aliphatic heterocycles. The summed E-state index contributed by atoms with van der Waals surface area (Å²) in [7, 11) is 0. The number of aliphatic hydroxyl groups is 1. The quantitative estimate of drug-likeness (QED) is 0.442. The summed E-state index contributed by atoms with van der Waals surface area (Å²) < 4.78 is 8.51. The molecular weight excluding hydrogens is 441 g/mol. The number of pyridine rings is 1. The second-order valence-corrected chi connectivity index (χ2v) is 9.49. The van der Waals surface area contributed by atoms with E-state index in [-0.39, 0.29) is 12.0 Å². The van der Waals surface area contributed by atoms with Crippen LogP contribution >= 0.6 is 0 Å². The number of benzene rings is 1. The molecule has 5 rings (SSSR count). The number of fused-ring (bicyclic) bond motifs is 2. The van der Waals surface area contributed by atoms with Gasteiger partial charge in [0.1, 0.15) is 0 Å². The molecule has 3 aromatic heterocycles. The van der Waals surface area contributed by atoms with Gasteiger partial charge >= 0.3 is 183 Å². The van der Waals surface area contributed by atoms with Crippen molar-refractivity contribution in [3.63, 3.8) is 0 Å². The van der Waals surface area contributed by atoms with Crippen LogP contribution in [0.25, 0.3) is 33.2 Å². The van der Waals surface area contributed by atoms with Crippen molar-refractivity contribution in [3.8, 4) is 17.1 Å². The van der Waals surface area contributed by atoms with Crippen LogP contribution in [0.3, 0.4) is 0 Å². The Kier molecular flexibility index (Phi) is 4.75. The Bertz CT molecular complexity index is 1250. The van der Waals surface area contributed by atoms with Crippen molar-refractivity contribution in [2.45, 2.75) is 39.3 Å². The summed E-state index contributed by atoms with van der Waals surface area (Å²) in [5.41, 5.74) is 3.16. The molecule has 1 aliphatic rings. The van der Waals surface area contributed by atoms with Crippen LogP contribution < -0.4 is 9.22 Å². The molecule has 7 nitrogen and oxygen atoms in total. The minimum absolute atomic E-state index is 0.0662. The molecule has 0 unspecified atom stereocenters. The monoisotopic (exact) mass is 463 g/mol. The van der Waals surface area contributed by atoms with Crippen molar-refractivity contribution in [2.75, 3.05) is 6.61 Å². The average molecular weight is 463 g/mol. The van der Waals surface area contributed by atoms with E-state index in [1.54, 1.807) is 6.33 Å². The summed E-state index contributed by atoms with van der Waals surface area (Å²) in [6.45, 7) is 4.64. The molecule has 1 saturated carbocycles. The third-order valence-electron chi connectivity index (χ3n) is 5.26. The van der Waals surface area contributed by atoms with E-state index >= 15 is 0 Å². The molecule has 30 heavy (non-hydrogen) atoms. The van der Waals surface area contributed by atoms with Crippen molar-refractivity contribution in [3.05, 3.63) is 36.7 Å². The van der Waals surface area contributed by atoms with Gasteiger partial charge < -0.3 is 0 Å². The maximum atomic E-state index is 9.71. The first-order valence-corrected chi connectivity index (χ1v) is 11.0. The Morgan fingerprint density at radius 3 is 2.80 bits per heavy atom. The maximum absolute atomic E-state index is 9.71. The Hall–Kier alpha value is -2.50. The summed E-state index contributed by atoms with van der Waals surface area (Å²) in [5.74, 6) is 0.681. The molecule has 8 heteroatoms. The van der Waals surface area contributed by atoms with Gasteiger partial charge in [0.15, 0.2) is 0 Å². The molecule has 2 radical (unpaired) electrons. The van der Waals surface area contributed by atoms with Crippen molar-refractivity contribution in [2.24, 2.45) is 5.41 Å². The normalized spacial score (nSPS) is 14.5. The van der Waals surface area contributed by atoms with E-state index < -0.39 is 0 Å². The summed E-state index contributed by atoms with van der Waals surface area (Å²) in [4.78, 5) is 13.5. The van der Waals surface area contributed by atoms with Gasteiger partial charge in [-0.1, -0.05) is 0 Å². The molecule has 1 aromatic carbocycles. The van der Waals surface area contributed by atoms with Gasteiger partial charge in [-0.05, 0) is 0 Å². The van der Waals surface area contributed by atoms with E-state index in [2.05, 4.69) is 37.9 Å². The first kappa shape index (κ1) is 19.5. The number of nitrogens with zero attached hydrogens (tertiary/aromatic N) is 5. The van der Waals surface area contributed by atoms with Crippen molar-refractivity contribution in [1.82, 2.24) is 24.7 Å². The molecule has 3 heterocycles. The van der Waals surface area contributed by atoms with E-state index in [0.29, 0.717) is 18.5 Å². The van der Waals surface area contributed by atoms with Crippen molar-refractivity contribution >= 4 is 43.3 Å². The molecule has 0 spiro atoms. The number of ether oxygens (including phenoxy) is 1. The van der Waals surface area contributed by atoms with Crippen LogP contribution in [0, 0.1) is 5.41 Å². The summed E-state index contributed by atoms with van der Waals surface area (Å²) in [6, 6.07) is 10.1. The topological polar surface area (TPSA) is 86.0 Å². The molecule has 0 atom stereocenters. The fraction of sp³-hybridized carbons (Fsp3) is 0.364. The van der Waals surface area contributed by atoms with Crippen LogP contribution in [0.15, 0.2) is 36.7 Å². The zero-order valence-corrected chi connectivity index (χ0v) is 18.8. The Morgan fingerprint density at radius 1 is 1.20 bits per heavy atom. The Labute approximate surface area is 183 Å². The van der Waals surface area contributed by atoms with Gasteiger partial charge in [-0.2, -0.15) is 0 Å².